The van der Waals surface area contributed by atoms with E-state index in [-0.39, 0.29) is 11.9 Å². The minimum absolute atomic E-state index is 0.0385. The van der Waals surface area contributed by atoms with E-state index in [1.807, 2.05) is 30.3 Å². The van der Waals surface area contributed by atoms with Gasteiger partial charge in [0.1, 0.15) is 5.75 Å². The maximum absolute atomic E-state index is 12.5. The summed E-state index contributed by atoms with van der Waals surface area (Å²) in [5.41, 5.74) is 2.43. The zero-order valence-corrected chi connectivity index (χ0v) is 14.9. The van der Waals surface area contributed by atoms with E-state index in [1.165, 1.54) is 18.4 Å². The van der Waals surface area contributed by atoms with Crippen molar-refractivity contribution in [3.05, 3.63) is 41.5 Å². The lowest BCUT2D eigenvalue weighted by molar-refractivity contribution is -0.117. The molecule has 2 heterocycles. The average Bonchev–Trinajstić information content (AvgIpc) is 2.81. The number of ether oxygens (including phenoxy) is 1. The van der Waals surface area contributed by atoms with Crippen LogP contribution < -0.4 is 10.1 Å². The van der Waals surface area contributed by atoms with Crippen LogP contribution in [0.25, 0.3) is 0 Å². The van der Waals surface area contributed by atoms with Gasteiger partial charge in [0, 0.05) is 18.2 Å². The number of nitrogens with one attached hydrogen (secondary N) is 1. The quantitative estimate of drug-likeness (QED) is 0.842. The van der Waals surface area contributed by atoms with Crippen LogP contribution in [0.2, 0.25) is 0 Å². The first-order valence-electron chi connectivity index (χ1n) is 8.96. The van der Waals surface area contributed by atoms with Gasteiger partial charge in [-0.1, -0.05) is 24.6 Å². The molecule has 24 heavy (non-hydrogen) atoms. The van der Waals surface area contributed by atoms with Crippen LogP contribution in [0, 0.1) is 0 Å². The van der Waals surface area contributed by atoms with E-state index in [4.69, 9.17) is 4.74 Å². The zero-order chi connectivity index (χ0) is 17.1. The molecule has 2 fully saturated rings. The van der Waals surface area contributed by atoms with Gasteiger partial charge in [0.05, 0.1) is 13.2 Å². The number of carbonyl (C=O) groups excluding carboxylic acids is 1. The fraction of sp³-hybridized carbons (Fsp3) is 0.550. The van der Waals surface area contributed by atoms with Gasteiger partial charge in [-0.25, -0.2) is 0 Å². The monoisotopic (exact) mass is 328 g/mol. The molecular weight excluding hydrogens is 300 g/mol. The molecule has 0 radical (unpaired) electrons. The number of hydrogen-bond donors (Lipinski definition) is 1. The van der Waals surface area contributed by atoms with E-state index in [2.05, 4.69) is 24.2 Å². The molecule has 2 saturated heterocycles. The van der Waals surface area contributed by atoms with Crippen LogP contribution in [0.5, 0.6) is 5.75 Å². The number of rotatable bonds is 5. The number of fused-ring (bicyclic) bond motifs is 2. The molecule has 1 N–H and O–H groups in total. The van der Waals surface area contributed by atoms with Gasteiger partial charge in [0.15, 0.2) is 0 Å². The smallest absolute Gasteiger partial charge is 0.244 e. The first kappa shape index (κ1) is 17.0. The van der Waals surface area contributed by atoms with Crippen molar-refractivity contribution < 1.29 is 9.53 Å². The van der Waals surface area contributed by atoms with Crippen LogP contribution in [0.15, 0.2) is 35.9 Å². The predicted octanol–water partition coefficient (Wildman–Crippen LogP) is 3.45. The third-order valence-corrected chi connectivity index (χ3v) is 5.56. The van der Waals surface area contributed by atoms with Crippen LogP contribution in [-0.2, 0) is 4.79 Å². The minimum Gasteiger partial charge on any atom is -0.497 e. The Morgan fingerprint density at radius 3 is 2.46 bits per heavy atom. The van der Waals surface area contributed by atoms with Crippen LogP contribution >= 0.6 is 0 Å². The fourth-order valence-electron chi connectivity index (χ4n) is 4.04. The average molecular weight is 328 g/mol. The minimum atomic E-state index is 0.0385. The number of methoxy groups -OCH3 is 1. The third kappa shape index (κ3) is 3.64. The Morgan fingerprint density at radius 2 is 1.92 bits per heavy atom. The van der Waals surface area contributed by atoms with E-state index < -0.39 is 0 Å². The van der Waals surface area contributed by atoms with Gasteiger partial charge in [0.2, 0.25) is 5.91 Å². The zero-order valence-electron chi connectivity index (χ0n) is 14.9. The summed E-state index contributed by atoms with van der Waals surface area (Å²) in [6, 6.07) is 9.24. The lowest BCUT2D eigenvalue weighted by atomic mass is 9.96. The molecule has 1 aromatic carbocycles. The topological polar surface area (TPSA) is 41.6 Å². The second kappa shape index (κ2) is 7.39. The van der Waals surface area contributed by atoms with Gasteiger partial charge in [-0.15, -0.1) is 0 Å². The van der Waals surface area contributed by atoms with Gasteiger partial charge < -0.3 is 10.1 Å². The largest absolute Gasteiger partial charge is 0.497 e. The molecule has 4 heteroatoms. The molecule has 2 bridgehead atoms. The Labute approximate surface area is 144 Å². The summed E-state index contributed by atoms with van der Waals surface area (Å²) in [4.78, 5) is 15.0. The van der Waals surface area contributed by atoms with Gasteiger partial charge in [-0.05, 0) is 56.8 Å². The Balaban J connectivity index is 1.63. The SMILES string of the molecule is CC[C@H](NC(=O)C=C1C[C@H]2CC[C@@H](C1)N2C)c1ccc(OC)cc1. The first-order valence-corrected chi connectivity index (χ1v) is 8.96. The second-order valence-corrected chi connectivity index (χ2v) is 7.00. The summed E-state index contributed by atoms with van der Waals surface area (Å²) in [6.07, 6.45) is 7.34. The van der Waals surface area contributed by atoms with Crippen LogP contribution in [0.1, 0.15) is 50.6 Å². The Kier molecular flexibility index (Phi) is 5.24. The Bertz CT molecular complexity index is 593. The maximum atomic E-state index is 12.5. The number of benzene rings is 1. The summed E-state index contributed by atoms with van der Waals surface area (Å²) in [5.74, 6) is 0.875. The lowest BCUT2D eigenvalue weighted by Gasteiger charge is -2.32. The van der Waals surface area contributed by atoms with Crippen molar-refractivity contribution in [3.63, 3.8) is 0 Å². The maximum Gasteiger partial charge on any atom is 0.244 e. The van der Waals surface area contributed by atoms with E-state index in [0.717, 1.165) is 30.6 Å². The van der Waals surface area contributed by atoms with Gasteiger partial charge in [-0.2, -0.15) is 0 Å². The summed E-state index contributed by atoms with van der Waals surface area (Å²) >= 11 is 0. The van der Waals surface area contributed by atoms with Crippen molar-refractivity contribution in [3.8, 4) is 5.75 Å². The molecule has 3 rings (SSSR count). The molecular formula is C20H28N2O2. The van der Waals surface area contributed by atoms with Crippen molar-refractivity contribution in [1.29, 1.82) is 0 Å². The molecule has 3 atom stereocenters. The second-order valence-electron chi connectivity index (χ2n) is 7.00. The summed E-state index contributed by atoms with van der Waals surface area (Å²) < 4.78 is 5.20. The normalized spacial score (nSPS) is 26.4. The molecule has 130 valence electrons. The van der Waals surface area contributed by atoms with E-state index in [1.54, 1.807) is 7.11 Å². The molecule has 1 aromatic rings. The molecule has 1 amide bonds. The molecule has 0 spiro atoms. The predicted molar refractivity (Wildman–Crippen MR) is 96.1 cm³/mol. The number of nitrogens with zero attached hydrogens (tertiary/aromatic N) is 1. The Morgan fingerprint density at radius 1 is 1.29 bits per heavy atom. The van der Waals surface area contributed by atoms with E-state index >= 15 is 0 Å². The molecule has 0 saturated carbocycles. The van der Waals surface area contributed by atoms with Gasteiger partial charge >= 0.3 is 0 Å². The summed E-state index contributed by atoms with van der Waals surface area (Å²) in [6.45, 7) is 2.10. The Hall–Kier alpha value is -1.81. The molecule has 0 unspecified atom stereocenters. The number of piperidine rings is 1. The summed E-state index contributed by atoms with van der Waals surface area (Å²) in [7, 11) is 3.88. The van der Waals surface area contributed by atoms with E-state index in [0.29, 0.717) is 12.1 Å². The van der Waals surface area contributed by atoms with Crippen molar-refractivity contribution in [2.75, 3.05) is 14.2 Å². The van der Waals surface area contributed by atoms with Crippen molar-refractivity contribution in [1.82, 2.24) is 10.2 Å². The van der Waals surface area contributed by atoms with Crippen LogP contribution in [-0.4, -0.2) is 37.0 Å². The molecule has 2 aliphatic heterocycles. The number of hydrogen-bond acceptors (Lipinski definition) is 3. The highest BCUT2D eigenvalue weighted by Gasteiger charge is 2.35. The lowest BCUT2D eigenvalue weighted by Crippen LogP contribution is -2.37. The molecule has 4 nitrogen and oxygen atoms in total. The fourth-order valence-corrected chi connectivity index (χ4v) is 4.04. The highest BCUT2D eigenvalue weighted by molar-refractivity contribution is 5.88. The number of carbonyl (C=O) groups is 1. The van der Waals surface area contributed by atoms with Gasteiger partial charge in [0.25, 0.3) is 0 Å². The molecule has 2 aliphatic rings. The van der Waals surface area contributed by atoms with E-state index in [9.17, 15) is 4.79 Å². The highest BCUT2D eigenvalue weighted by Crippen LogP contribution is 2.36. The van der Waals surface area contributed by atoms with Gasteiger partial charge in [-0.3, -0.25) is 9.69 Å². The number of amides is 1. The third-order valence-electron chi connectivity index (χ3n) is 5.56. The molecule has 0 aliphatic carbocycles. The first-order chi connectivity index (χ1) is 11.6. The van der Waals surface area contributed by atoms with Crippen LogP contribution in [0.4, 0.5) is 0 Å². The standard InChI is InChI=1S/C20H28N2O2/c1-4-19(15-5-9-18(24-3)10-6-15)21-20(23)13-14-11-16-7-8-17(12-14)22(16)2/h5-6,9-10,13,16-17,19H,4,7-8,11-12H2,1-3H3,(H,21,23)/t16-,17+,19-/m0/s1. The van der Waals surface area contributed by atoms with Crippen molar-refractivity contribution in [2.24, 2.45) is 0 Å². The molecule has 0 aromatic heterocycles. The summed E-state index contributed by atoms with van der Waals surface area (Å²) in [5, 5.41) is 3.16. The van der Waals surface area contributed by atoms with Crippen molar-refractivity contribution >= 4 is 5.91 Å². The van der Waals surface area contributed by atoms with Crippen LogP contribution in [0.3, 0.4) is 0 Å². The highest BCUT2D eigenvalue weighted by atomic mass is 16.5. The van der Waals surface area contributed by atoms with Crippen molar-refractivity contribution in [2.45, 2.75) is 57.2 Å².